The van der Waals surface area contributed by atoms with Crippen LogP contribution in [0.25, 0.3) is 10.6 Å². The summed E-state index contributed by atoms with van der Waals surface area (Å²) in [6.45, 7) is 2.46. The zero-order chi connectivity index (χ0) is 18.9. The van der Waals surface area contributed by atoms with E-state index < -0.39 is 10.0 Å². The number of thiophene rings is 1. The van der Waals surface area contributed by atoms with Crippen molar-refractivity contribution in [2.75, 3.05) is 4.72 Å². The lowest BCUT2D eigenvalue weighted by Gasteiger charge is -2.03. The van der Waals surface area contributed by atoms with Crippen molar-refractivity contribution in [2.24, 2.45) is 0 Å². The summed E-state index contributed by atoms with van der Waals surface area (Å²) >= 11 is 2.72. The third kappa shape index (κ3) is 4.07. The van der Waals surface area contributed by atoms with Crippen LogP contribution in [0.1, 0.15) is 10.6 Å². The first-order chi connectivity index (χ1) is 13.0. The van der Waals surface area contributed by atoms with E-state index in [1.165, 1.54) is 22.7 Å². The first kappa shape index (κ1) is 17.8. The zero-order valence-corrected chi connectivity index (χ0v) is 16.7. The predicted molar refractivity (Wildman–Crippen MR) is 107 cm³/mol. The van der Waals surface area contributed by atoms with Crippen molar-refractivity contribution in [3.8, 4) is 10.6 Å². The lowest BCUT2D eigenvalue weighted by molar-refractivity contribution is 0.602. The number of hydrogen-bond acceptors (Lipinski definition) is 7. The van der Waals surface area contributed by atoms with Crippen molar-refractivity contribution in [3.05, 3.63) is 64.9 Å². The molecule has 0 amide bonds. The first-order valence-corrected chi connectivity index (χ1v) is 11.1. The topological polar surface area (TPSA) is 89.8 Å². The Morgan fingerprint density at radius 1 is 1.15 bits per heavy atom. The van der Waals surface area contributed by atoms with Gasteiger partial charge < -0.3 is 0 Å². The van der Waals surface area contributed by atoms with Crippen LogP contribution in [0.3, 0.4) is 0 Å². The van der Waals surface area contributed by atoms with E-state index in [0.717, 1.165) is 21.1 Å². The molecule has 138 valence electrons. The average Bonchev–Trinajstić information content (AvgIpc) is 3.36. The summed E-state index contributed by atoms with van der Waals surface area (Å²) in [6.07, 6.45) is 5.15. The molecule has 1 N–H and O–H groups in total. The molecule has 0 fully saturated rings. The number of rotatable bonds is 6. The third-order valence-electron chi connectivity index (χ3n) is 3.69. The number of nitrogens with one attached hydrogen (secondary N) is 1. The van der Waals surface area contributed by atoms with E-state index in [1.54, 1.807) is 41.5 Å². The highest BCUT2D eigenvalue weighted by Crippen LogP contribution is 2.32. The van der Waals surface area contributed by atoms with Crippen molar-refractivity contribution in [2.45, 2.75) is 17.7 Å². The van der Waals surface area contributed by atoms with Crippen molar-refractivity contribution >= 4 is 38.5 Å². The third-order valence-corrected chi connectivity index (χ3v) is 7.42. The minimum absolute atomic E-state index is 0.229. The van der Waals surface area contributed by atoms with Gasteiger partial charge in [0.15, 0.2) is 5.82 Å². The molecule has 0 saturated carbocycles. The Kier molecular flexibility index (Phi) is 4.77. The second-order valence-corrected chi connectivity index (χ2v) is 9.79. The molecule has 4 aromatic rings. The molecule has 27 heavy (non-hydrogen) atoms. The molecule has 0 aliphatic rings. The summed E-state index contributed by atoms with van der Waals surface area (Å²) in [5.74, 6) is 0.281. The van der Waals surface area contributed by atoms with E-state index in [4.69, 9.17) is 0 Å². The molecule has 4 aromatic heterocycles. The molecule has 4 heterocycles. The number of pyridine rings is 1. The van der Waals surface area contributed by atoms with Gasteiger partial charge in [0.25, 0.3) is 10.0 Å². The maximum absolute atomic E-state index is 12.6. The zero-order valence-electron chi connectivity index (χ0n) is 14.2. The summed E-state index contributed by atoms with van der Waals surface area (Å²) in [4.78, 5) is 9.19. The molecule has 0 aromatic carbocycles. The molecular formula is C17H15N5O2S3. The number of anilines is 1. The van der Waals surface area contributed by atoms with E-state index in [1.807, 2.05) is 24.4 Å². The van der Waals surface area contributed by atoms with Crippen LogP contribution in [0.5, 0.6) is 0 Å². The fourth-order valence-electron chi connectivity index (χ4n) is 2.45. The fraction of sp³-hybridized carbons (Fsp3) is 0.118. The van der Waals surface area contributed by atoms with Crippen molar-refractivity contribution in [1.29, 1.82) is 0 Å². The molecule has 7 nitrogen and oxygen atoms in total. The molecular weight excluding hydrogens is 402 g/mol. The normalized spacial score (nSPS) is 11.6. The monoisotopic (exact) mass is 417 g/mol. The molecule has 0 spiro atoms. The SMILES string of the molecule is Cc1nc(-c2ccc(S(=O)(=O)Nc3ccn(Cc4ccncc4)n3)s2)cs1. The van der Waals surface area contributed by atoms with Crippen LogP contribution in [0.4, 0.5) is 5.82 Å². The number of aryl methyl sites for hydroxylation is 1. The van der Waals surface area contributed by atoms with Gasteiger partial charge in [0.05, 0.1) is 22.1 Å². The van der Waals surface area contributed by atoms with E-state index in [9.17, 15) is 8.42 Å². The highest BCUT2D eigenvalue weighted by molar-refractivity contribution is 7.94. The Labute approximate surface area is 164 Å². The van der Waals surface area contributed by atoms with E-state index >= 15 is 0 Å². The van der Waals surface area contributed by atoms with E-state index in [2.05, 4.69) is 19.8 Å². The quantitative estimate of drug-likeness (QED) is 0.517. The van der Waals surface area contributed by atoms with Gasteiger partial charge in [-0.15, -0.1) is 22.7 Å². The van der Waals surface area contributed by atoms with Gasteiger partial charge in [-0.05, 0) is 36.8 Å². The molecule has 10 heteroatoms. The van der Waals surface area contributed by atoms with Crippen LogP contribution in [0, 0.1) is 6.92 Å². The molecule has 0 unspecified atom stereocenters. The summed E-state index contributed by atoms with van der Waals surface area (Å²) in [5.41, 5.74) is 1.83. The van der Waals surface area contributed by atoms with Gasteiger partial charge in [0.2, 0.25) is 0 Å². The van der Waals surface area contributed by atoms with Gasteiger partial charge in [-0.25, -0.2) is 13.4 Å². The van der Waals surface area contributed by atoms with Gasteiger partial charge in [-0.3, -0.25) is 14.4 Å². The van der Waals surface area contributed by atoms with E-state index in [-0.39, 0.29) is 10.0 Å². The van der Waals surface area contributed by atoms with Gasteiger partial charge >= 0.3 is 0 Å². The van der Waals surface area contributed by atoms with Gasteiger partial charge in [-0.2, -0.15) is 5.10 Å². The molecule has 4 rings (SSSR count). The second-order valence-electron chi connectivity index (χ2n) is 5.73. The predicted octanol–water partition coefficient (Wildman–Crippen LogP) is 3.62. The van der Waals surface area contributed by atoms with Gasteiger partial charge in [-0.1, -0.05) is 0 Å². The highest BCUT2D eigenvalue weighted by Gasteiger charge is 2.19. The van der Waals surface area contributed by atoms with Crippen LogP contribution >= 0.6 is 22.7 Å². The summed E-state index contributed by atoms with van der Waals surface area (Å²) in [7, 11) is -3.69. The Bertz CT molecular complexity index is 1160. The Hall–Kier alpha value is -2.56. The lowest BCUT2D eigenvalue weighted by Crippen LogP contribution is -2.12. The first-order valence-electron chi connectivity index (χ1n) is 7.97. The Morgan fingerprint density at radius 3 is 2.70 bits per heavy atom. The maximum atomic E-state index is 12.6. The summed E-state index contributed by atoms with van der Waals surface area (Å²) < 4.78 is 29.7. The van der Waals surface area contributed by atoms with Crippen LogP contribution in [-0.2, 0) is 16.6 Å². The number of hydrogen-bond donors (Lipinski definition) is 1. The van der Waals surface area contributed by atoms with Crippen LogP contribution in [-0.4, -0.2) is 28.2 Å². The maximum Gasteiger partial charge on any atom is 0.272 e. The molecule has 0 saturated heterocycles. The number of nitrogens with zero attached hydrogens (tertiary/aromatic N) is 4. The number of thiazole rings is 1. The minimum atomic E-state index is -3.69. The molecule has 0 atom stereocenters. The van der Waals surface area contributed by atoms with Crippen molar-refractivity contribution < 1.29 is 8.42 Å². The van der Waals surface area contributed by atoms with Crippen LogP contribution in [0.2, 0.25) is 0 Å². The van der Waals surface area contributed by atoms with Crippen LogP contribution in [0.15, 0.2) is 58.5 Å². The smallest absolute Gasteiger partial charge is 0.266 e. The molecule has 0 bridgehead atoms. The minimum Gasteiger partial charge on any atom is -0.266 e. The highest BCUT2D eigenvalue weighted by atomic mass is 32.2. The average molecular weight is 418 g/mol. The number of aromatic nitrogens is 4. The standard InChI is InChI=1S/C17H15N5O2S3/c1-12-19-14(11-25-12)15-2-3-17(26-15)27(23,24)21-16-6-9-22(20-16)10-13-4-7-18-8-5-13/h2-9,11H,10H2,1H3,(H,20,21). The van der Waals surface area contributed by atoms with Gasteiger partial charge in [0, 0.05) is 30.0 Å². The summed E-state index contributed by atoms with van der Waals surface area (Å²) in [5, 5.41) is 7.15. The Balaban J connectivity index is 1.50. The van der Waals surface area contributed by atoms with Gasteiger partial charge in [0.1, 0.15) is 4.21 Å². The largest absolute Gasteiger partial charge is 0.272 e. The molecule has 0 aliphatic carbocycles. The second kappa shape index (κ2) is 7.22. The number of sulfonamides is 1. The fourth-order valence-corrected chi connectivity index (χ4v) is 5.40. The Morgan fingerprint density at radius 2 is 1.96 bits per heavy atom. The van der Waals surface area contributed by atoms with Crippen molar-refractivity contribution in [1.82, 2.24) is 19.7 Å². The molecule has 0 radical (unpaired) electrons. The van der Waals surface area contributed by atoms with Crippen LogP contribution < -0.4 is 4.72 Å². The lowest BCUT2D eigenvalue weighted by atomic mass is 10.3. The summed E-state index contributed by atoms with van der Waals surface area (Å²) in [6, 6.07) is 8.77. The van der Waals surface area contributed by atoms with E-state index in [0.29, 0.717) is 6.54 Å². The molecule has 0 aliphatic heterocycles. The van der Waals surface area contributed by atoms with Crippen molar-refractivity contribution in [3.63, 3.8) is 0 Å².